The molecule has 0 saturated heterocycles. The Balaban J connectivity index is 2.19. The number of hydrogen-bond donors (Lipinski definition) is 0. The molecule has 0 amide bonds. The van der Waals surface area contributed by atoms with Crippen LogP contribution in [0.25, 0.3) is 0 Å². The first kappa shape index (κ1) is 13.5. The summed E-state index contributed by atoms with van der Waals surface area (Å²) >= 11 is 0. The molecule has 1 heteroatoms. The Morgan fingerprint density at radius 3 is 2.74 bits per heavy atom. The monoisotopic (exact) mass is 251 g/mol. The summed E-state index contributed by atoms with van der Waals surface area (Å²) in [7, 11) is 0. The summed E-state index contributed by atoms with van der Waals surface area (Å²) in [6, 6.07) is 10.3. The van der Waals surface area contributed by atoms with Gasteiger partial charge < -0.3 is 0 Å². The zero-order valence-corrected chi connectivity index (χ0v) is 11.5. The normalized spacial score (nSPS) is 16.4. The molecule has 0 N–H and O–H groups in total. The zero-order valence-electron chi connectivity index (χ0n) is 11.5. The molecule has 1 unspecified atom stereocenters. The molecule has 1 atom stereocenters. The topological polar surface area (TPSA) is 12.4 Å². The second-order valence-electron chi connectivity index (χ2n) is 4.79. The van der Waals surface area contributed by atoms with Crippen molar-refractivity contribution in [1.82, 2.24) is 0 Å². The van der Waals surface area contributed by atoms with Crippen molar-refractivity contribution >= 4 is 6.21 Å². The van der Waals surface area contributed by atoms with E-state index in [2.05, 4.69) is 43.9 Å². The number of aliphatic imine (C=N–C) groups is 1. The van der Waals surface area contributed by atoms with E-state index in [-0.39, 0.29) is 6.04 Å². The number of rotatable bonds is 5. The van der Waals surface area contributed by atoms with Gasteiger partial charge in [0, 0.05) is 6.21 Å². The third-order valence-corrected chi connectivity index (χ3v) is 3.35. The maximum atomic E-state index is 4.74. The van der Waals surface area contributed by atoms with Crippen molar-refractivity contribution in [2.45, 2.75) is 32.2 Å². The minimum Gasteiger partial charge on any atom is -0.280 e. The van der Waals surface area contributed by atoms with E-state index in [1.54, 1.807) is 0 Å². The Labute approximate surface area is 116 Å². The number of hydrogen-bond acceptors (Lipinski definition) is 1. The van der Waals surface area contributed by atoms with E-state index >= 15 is 0 Å². The van der Waals surface area contributed by atoms with Crippen LogP contribution in [0.2, 0.25) is 0 Å². The highest BCUT2D eigenvalue weighted by atomic mass is 14.8. The first-order valence-electron chi connectivity index (χ1n) is 6.93. The molecule has 1 aromatic rings. The SMILES string of the molecule is C=C(CC)C(N=Cc1ccccc1)C1=CCCC=C1. The molecule has 0 aromatic heterocycles. The molecule has 2 rings (SSSR count). The van der Waals surface area contributed by atoms with E-state index in [1.807, 2.05) is 24.4 Å². The predicted octanol–water partition coefficient (Wildman–Crippen LogP) is 4.72. The van der Waals surface area contributed by atoms with Gasteiger partial charge in [0.2, 0.25) is 0 Å². The molecule has 0 spiro atoms. The van der Waals surface area contributed by atoms with Crippen LogP contribution in [-0.4, -0.2) is 12.3 Å². The fraction of sp³-hybridized carbons (Fsp3) is 0.278. The van der Waals surface area contributed by atoms with Crippen LogP contribution in [0, 0.1) is 0 Å². The largest absolute Gasteiger partial charge is 0.280 e. The molecule has 98 valence electrons. The maximum Gasteiger partial charge on any atom is 0.0953 e. The van der Waals surface area contributed by atoms with Gasteiger partial charge in [-0.3, -0.25) is 4.99 Å². The second kappa shape index (κ2) is 6.89. The molecule has 1 nitrogen and oxygen atoms in total. The fourth-order valence-electron chi connectivity index (χ4n) is 2.16. The van der Waals surface area contributed by atoms with Crippen molar-refractivity contribution in [2.75, 3.05) is 0 Å². The molecular weight excluding hydrogens is 230 g/mol. The van der Waals surface area contributed by atoms with Crippen LogP contribution in [-0.2, 0) is 0 Å². The molecule has 1 aliphatic carbocycles. The molecule has 0 aliphatic heterocycles. The quantitative estimate of drug-likeness (QED) is 0.530. The highest BCUT2D eigenvalue weighted by molar-refractivity contribution is 5.80. The lowest BCUT2D eigenvalue weighted by Crippen LogP contribution is -2.11. The third-order valence-electron chi connectivity index (χ3n) is 3.35. The minimum absolute atomic E-state index is 0.0988. The van der Waals surface area contributed by atoms with Crippen LogP contribution in [0.3, 0.4) is 0 Å². The minimum atomic E-state index is 0.0988. The summed E-state index contributed by atoms with van der Waals surface area (Å²) in [5.41, 5.74) is 3.59. The highest BCUT2D eigenvalue weighted by Crippen LogP contribution is 2.22. The predicted molar refractivity (Wildman–Crippen MR) is 83.7 cm³/mol. The van der Waals surface area contributed by atoms with Gasteiger partial charge in [0.05, 0.1) is 6.04 Å². The van der Waals surface area contributed by atoms with Crippen molar-refractivity contribution in [3.8, 4) is 0 Å². The molecule has 0 radical (unpaired) electrons. The lowest BCUT2D eigenvalue weighted by Gasteiger charge is -2.18. The van der Waals surface area contributed by atoms with Crippen LogP contribution in [0.5, 0.6) is 0 Å². The number of nitrogens with zero attached hydrogens (tertiary/aromatic N) is 1. The summed E-state index contributed by atoms with van der Waals surface area (Å²) in [5.74, 6) is 0. The van der Waals surface area contributed by atoms with Gasteiger partial charge in [0.15, 0.2) is 0 Å². The van der Waals surface area contributed by atoms with E-state index < -0.39 is 0 Å². The van der Waals surface area contributed by atoms with E-state index in [0.717, 1.165) is 24.8 Å². The Kier molecular flexibility index (Phi) is 4.91. The molecule has 0 bridgehead atoms. The van der Waals surface area contributed by atoms with Gasteiger partial charge >= 0.3 is 0 Å². The molecular formula is C18H21N. The summed E-state index contributed by atoms with van der Waals surface area (Å²) < 4.78 is 0. The Morgan fingerprint density at radius 1 is 1.32 bits per heavy atom. The van der Waals surface area contributed by atoms with Crippen LogP contribution in [0.15, 0.2) is 71.3 Å². The summed E-state index contributed by atoms with van der Waals surface area (Å²) in [5, 5.41) is 0. The molecule has 1 aromatic carbocycles. The third kappa shape index (κ3) is 3.78. The van der Waals surface area contributed by atoms with Gasteiger partial charge in [-0.25, -0.2) is 0 Å². The van der Waals surface area contributed by atoms with Crippen LogP contribution in [0.1, 0.15) is 31.7 Å². The summed E-state index contributed by atoms with van der Waals surface area (Å²) in [4.78, 5) is 4.74. The lowest BCUT2D eigenvalue weighted by molar-refractivity contribution is 0.844. The second-order valence-corrected chi connectivity index (χ2v) is 4.79. The number of allylic oxidation sites excluding steroid dienone is 2. The Morgan fingerprint density at radius 2 is 2.11 bits per heavy atom. The first-order valence-corrected chi connectivity index (χ1v) is 6.93. The number of benzene rings is 1. The molecule has 0 saturated carbocycles. The maximum absolute atomic E-state index is 4.74. The molecule has 19 heavy (non-hydrogen) atoms. The van der Waals surface area contributed by atoms with E-state index in [4.69, 9.17) is 4.99 Å². The average Bonchev–Trinajstić information content (AvgIpc) is 2.49. The fourth-order valence-corrected chi connectivity index (χ4v) is 2.16. The van der Waals surface area contributed by atoms with Crippen molar-refractivity contribution < 1.29 is 0 Å². The van der Waals surface area contributed by atoms with Crippen molar-refractivity contribution in [1.29, 1.82) is 0 Å². The van der Waals surface area contributed by atoms with Crippen molar-refractivity contribution in [3.05, 3.63) is 71.8 Å². The summed E-state index contributed by atoms with van der Waals surface area (Å²) in [6.07, 6.45) is 11.9. The lowest BCUT2D eigenvalue weighted by atomic mass is 9.94. The average molecular weight is 251 g/mol. The van der Waals surface area contributed by atoms with Crippen LogP contribution < -0.4 is 0 Å². The molecule has 0 fully saturated rings. The highest BCUT2D eigenvalue weighted by Gasteiger charge is 2.14. The van der Waals surface area contributed by atoms with Gasteiger partial charge in [-0.2, -0.15) is 0 Å². The molecule has 1 aliphatic rings. The van der Waals surface area contributed by atoms with Crippen molar-refractivity contribution in [2.24, 2.45) is 4.99 Å². The standard InChI is InChI=1S/C18H21N/c1-3-15(2)18(17-12-8-5-9-13-17)19-14-16-10-6-4-7-11-16/h4,6-8,10-14,18H,2-3,5,9H2,1H3. The van der Waals surface area contributed by atoms with Crippen molar-refractivity contribution in [3.63, 3.8) is 0 Å². The van der Waals surface area contributed by atoms with Crippen LogP contribution >= 0.6 is 0 Å². The zero-order chi connectivity index (χ0) is 13.5. The first-order chi connectivity index (χ1) is 9.31. The van der Waals surface area contributed by atoms with Crippen LogP contribution in [0.4, 0.5) is 0 Å². The van der Waals surface area contributed by atoms with Gasteiger partial charge in [0.25, 0.3) is 0 Å². The Bertz CT molecular complexity index is 506. The van der Waals surface area contributed by atoms with E-state index in [1.165, 1.54) is 11.1 Å². The molecule has 0 heterocycles. The summed E-state index contributed by atoms with van der Waals surface area (Å²) in [6.45, 7) is 6.31. The van der Waals surface area contributed by atoms with Gasteiger partial charge in [-0.15, -0.1) is 0 Å². The Hall–Kier alpha value is -1.89. The van der Waals surface area contributed by atoms with Gasteiger partial charge in [-0.05, 0) is 36.0 Å². The smallest absolute Gasteiger partial charge is 0.0953 e. The van der Waals surface area contributed by atoms with E-state index in [0.29, 0.717) is 0 Å². The van der Waals surface area contributed by atoms with E-state index in [9.17, 15) is 0 Å². The van der Waals surface area contributed by atoms with Gasteiger partial charge in [-0.1, -0.05) is 62.1 Å². The van der Waals surface area contributed by atoms with Gasteiger partial charge in [0.1, 0.15) is 0 Å².